The summed E-state index contributed by atoms with van der Waals surface area (Å²) in [6.07, 6.45) is 4.46. The Balaban J connectivity index is 1.68. The number of rotatable bonds is 6. The maximum absolute atomic E-state index is 13.1. The molecule has 0 aliphatic carbocycles. The molecule has 3 aromatic carbocycles. The number of fused-ring (bicyclic) bond motifs is 1. The van der Waals surface area contributed by atoms with Gasteiger partial charge in [0.05, 0.1) is 16.8 Å². The molecule has 4 aromatic rings. The van der Waals surface area contributed by atoms with Gasteiger partial charge in [-0.25, -0.2) is 4.98 Å². The zero-order valence-corrected chi connectivity index (χ0v) is 17.1. The number of nitrogens with zero attached hydrogens (tertiary/aromatic N) is 2. The highest BCUT2D eigenvalue weighted by Gasteiger charge is 2.18. The molecular formula is C25H22N2OS. The smallest absolute Gasteiger partial charge is 0.253 e. The number of carbonyl (C=O) groups is 1. The molecule has 3 nitrogen and oxygen atoms in total. The second-order valence-electron chi connectivity index (χ2n) is 6.81. The largest absolute Gasteiger partial charge is 0.280 e. The van der Waals surface area contributed by atoms with Crippen molar-refractivity contribution in [2.75, 3.05) is 4.90 Å². The van der Waals surface area contributed by atoms with Crippen molar-refractivity contribution in [2.24, 2.45) is 0 Å². The molecule has 0 aliphatic heterocycles. The van der Waals surface area contributed by atoms with Crippen molar-refractivity contribution in [1.82, 2.24) is 4.98 Å². The van der Waals surface area contributed by atoms with Gasteiger partial charge in [0.1, 0.15) is 0 Å². The molecule has 29 heavy (non-hydrogen) atoms. The molecule has 0 N–H and O–H groups in total. The molecular weight excluding hydrogens is 376 g/mol. The summed E-state index contributed by atoms with van der Waals surface area (Å²) >= 11 is 1.56. The Labute approximate surface area is 175 Å². The average molecular weight is 399 g/mol. The molecule has 4 heteroatoms. The predicted octanol–water partition coefficient (Wildman–Crippen LogP) is 6.11. The maximum atomic E-state index is 13.1. The third-order valence-electron chi connectivity index (χ3n) is 4.75. The van der Waals surface area contributed by atoms with E-state index in [1.165, 1.54) is 5.56 Å². The summed E-state index contributed by atoms with van der Waals surface area (Å²) in [5.41, 5.74) is 4.28. The van der Waals surface area contributed by atoms with E-state index in [4.69, 9.17) is 4.98 Å². The van der Waals surface area contributed by atoms with E-state index in [0.29, 0.717) is 6.54 Å². The van der Waals surface area contributed by atoms with Crippen LogP contribution in [-0.4, -0.2) is 10.9 Å². The van der Waals surface area contributed by atoms with Gasteiger partial charge in [-0.1, -0.05) is 85.0 Å². The fraction of sp³-hybridized carbons (Fsp3) is 0.120. The third-order valence-corrected chi connectivity index (χ3v) is 5.79. The predicted molar refractivity (Wildman–Crippen MR) is 122 cm³/mol. The summed E-state index contributed by atoms with van der Waals surface area (Å²) < 4.78 is 1.11. The van der Waals surface area contributed by atoms with Crippen molar-refractivity contribution in [1.29, 1.82) is 0 Å². The fourth-order valence-corrected chi connectivity index (χ4v) is 4.15. The zero-order valence-electron chi connectivity index (χ0n) is 16.3. The molecule has 0 aliphatic rings. The molecule has 1 aromatic heterocycles. The summed E-state index contributed by atoms with van der Waals surface area (Å²) in [7, 11) is 0. The van der Waals surface area contributed by atoms with Crippen LogP contribution < -0.4 is 4.90 Å². The normalized spacial score (nSPS) is 11.2. The second kappa shape index (κ2) is 8.84. The van der Waals surface area contributed by atoms with Gasteiger partial charge >= 0.3 is 0 Å². The Morgan fingerprint density at radius 2 is 1.69 bits per heavy atom. The summed E-state index contributed by atoms with van der Waals surface area (Å²) in [6, 6.07) is 26.2. The molecule has 0 saturated heterocycles. The van der Waals surface area contributed by atoms with Gasteiger partial charge in [-0.05, 0) is 41.3 Å². The second-order valence-corrected chi connectivity index (χ2v) is 7.82. The number of hydrogen-bond acceptors (Lipinski definition) is 3. The third kappa shape index (κ3) is 4.61. The van der Waals surface area contributed by atoms with Gasteiger partial charge in [0.15, 0.2) is 5.13 Å². The van der Waals surface area contributed by atoms with E-state index in [1.54, 1.807) is 22.3 Å². The van der Waals surface area contributed by atoms with E-state index in [0.717, 1.165) is 32.9 Å². The molecule has 144 valence electrons. The number of carbonyl (C=O) groups excluding carboxylic acids is 1. The zero-order chi connectivity index (χ0) is 20.1. The summed E-state index contributed by atoms with van der Waals surface area (Å²) in [4.78, 5) is 19.6. The minimum atomic E-state index is -0.0764. The molecule has 1 heterocycles. The first-order valence-corrected chi connectivity index (χ1v) is 10.5. The SMILES string of the molecule is CCc1ccc2nc(N(Cc3ccccc3)C(=O)/C=C/c3ccccc3)sc2c1. The minimum absolute atomic E-state index is 0.0764. The lowest BCUT2D eigenvalue weighted by atomic mass is 10.2. The van der Waals surface area contributed by atoms with Crippen molar-refractivity contribution < 1.29 is 4.79 Å². The average Bonchev–Trinajstić information content (AvgIpc) is 3.20. The van der Waals surface area contributed by atoms with Crippen LogP contribution in [0.25, 0.3) is 16.3 Å². The van der Waals surface area contributed by atoms with Crippen LogP contribution in [0.15, 0.2) is 84.9 Å². The standard InChI is InChI=1S/C25H22N2OS/c1-2-19-13-15-22-23(17-19)29-25(26-22)27(18-21-11-7-4-8-12-21)24(28)16-14-20-9-5-3-6-10-20/h3-17H,2,18H2,1H3/b16-14+. The van der Waals surface area contributed by atoms with Gasteiger partial charge in [0, 0.05) is 6.08 Å². The number of hydrogen-bond donors (Lipinski definition) is 0. The first-order chi connectivity index (χ1) is 14.2. The Kier molecular flexibility index (Phi) is 5.82. The summed E-state index contributed by atoms with van der Waals surface area (Å²) in [6.45, 7) is 2.63. The van der Waals surface area contributed by atoms with Crippen LogP contribution in [0, 0.1) is 0 Å². The van der Waals surface area contributed by atoms with Crippen LogP contribution >= 0.6 is 11.3 Å². The molecule has 0 saturated carbocycles. The lowest BCUT2D eigenvalue weighted by Gasteiger charge is -2.18. The van der Waals surface area contributed by atoms with Crippen molar-refractivity contribution in [2.45, 2.75) is 19.9 Å². The molecule has 0 unspecified atom stereocenters. The van der Waals surface area contributed by atoms with Crippen LogP contribution in [-0.2, 0) is 17.8 Å². The van der Waals surface area contributed by atoms with Crippen LogP contribution in [0.3, 0.4) is 0 Å². The topological polar surface area (TPSA) is 33.2 Å². The Hall–Kier alpha value is -3.24. The summed E-state index contributed by atoms with van der Waals surface area (Å²) in [5, 5.41) is 0.722. The van der Waals surface area contributed by atoms with E-state index >= 15 is 0 Å². The summed E-state index contributed by atoms with van der Waals surface area (Å²) in [5.74, 6) is -0.0764. The molecule has 4 rings (SSSR count). The van der Waals surface area contributed by atoms with Gasteiger partial charge in [0.25, 0.3) is 5.91 Å². The number of anilines is 1. The van der Waals surface area contributed by atoms with Crippen molar-refractivity contribution in [3.63, 3.8) is 0 Å². The number of aromatic nitrogens is 1. The van der Waals surface area contributed by atoms with E-state index in [-0.39, 0.29) is 5.91 Å². The lowest BCUT2D eigenvalue weighted by Crippen LogP contribution is -2.28. The van der Waals surface area contributed by atoms with Gasteiger partial charge in [-0.3, -0.25) is 9.69 Å². The fourth-order valence-electron chi connectivity index (χ4n) is 3.12. The number of amides is 1. The monoisotopic (exact) mass is 398 g/mol. The highest BCUT2D eigenvalue weighted by molar-refractivity contribution is 7.22. The van der Waals surface area contributed by atoms with Crippen molar-refractivity contribution >= 4 is 38.7 Å². The first-order valence-electron chi connectivity index (χ1n) is 9.71. The van der Waals surface area contributed by atoms with Gasteiger partial charge in [-0.2, -0.15) is 0 Å². The van der Waals surface area contributed by atoms with Crippen LogP contribution in [0.4, 0.5) is 5.13 Å². The number of thiazole rings is 1. The van der Waals surface area contributed by atoms with Crippen molar-refractivity contribution in [3.05, 3.63) is 102 Å². The first kappa shape index (κ1) is 19.1. The van der Waals surface area contributed by atoms with Crippen LogP contribution in [0.2, 0.25) is 0 Å². The Bertz CT molecular complexity index is 1130. The minimum Gasteiger partial charge on any atom is -0.280 e. The molecule has 0 spiro atoms. The van der Waals surface area contributed by atoms with Crippen LogP contribution in [0.1, 0.15) is 23.6 Å². The van der Waals surface area contributed by atoms with E-state index in [9.17, 15) is 4.79 Å². The molecule has 0 atom stereocenters. The van der Waals surface area contributed by atoms with E-state index in [2.05, 4.69) is 19.1 Å². The molecule has 0 bridgehead atoms. The highest BCUT2D eigenvalue weighted by atomic mass is 32.1. The number of aryl methyl sites for hydroxylation is 1. The van der Waals surface area contributed by atoms with E-state index in [1.807, 2.05) is 72.8 Å². The molecule has 0 fully saturated rings. The van der Waals surface area contributed by atoms with Crippen LogP contribution in [0.5, 0.6) is 0 Å². The van der Waals surface area contributed by atoms with E-state index < -0.39 is 0 Å². The highest BCUT2D eigenvalue weighted by Crippen LogP contribution is 2.31. The number of benzene rings is 3. The Morgan fingerprint density at radius 3 is 2.41 bits per heavy atom. The molecule has 0 radical (unpaired) electrons. The Morgan fingerprint density at radius 1 is 0.966 bits per heavy atom. The quantitative estimate of drug-likeness (QED) is 0.367. The maximum Gasteiger partial charge on any atom is 0.253 e. The van der Waals surface area contributed by atoms with Gasteiger partial charge < -0.3 is 0 Å². The van der Waals surface area contributed by atoms with Gasteiger partial charge in [-0.15, -0.1) is 0 Å². The lowest BCUT2D eigenvalue weighted by molar-refractivity contribution is -0.114. The molecule has 1 amide bonds. The van der Waals surface area contributed by atoms with Crippen molar-refractivity contribution in [3.8, 4) is 0 Å². The van der Waals surface area contributed by atoms with Gasteiger partial charge in [0.2, 0.25) is 0 Å².